The van der Waals surface area contributed by atoms with Crippen LogP contribution < -0.4 is 0 Å². The molecule has 6 rings (SSSR count). The molecule has 2 fully saturated rings. The number of rotatable bonds is 8. The van der Waals surface area contributed by atoms with Gasteiger partial charge in [-0.1, -0.05) is 42.8 Å². The Hall–Kier alpha value is -5.18. The Morgan fingerprint density at radius 2 is 0.930 bits per heavy atom. The highest BCUT2D eigenvalue weighted by molar-refractivity contribution is 6.61. The lowest BCUT2D eigenvalue weighted by atomic mass is 10.1. The van der Waals surface area contributed by atoms with E-state index < -0.39 is 54.0 Å². The highest BCUT2D eigenvalue weighted by Gasteiger charge is 2.61. The molecule has 71 heavy (non-hydrogen) atoms. The largest absolute Gasteiger partial charge is 0.444 e. The monoisotopic (exact) mass is 1090 g/mol. The maximum absolute atomic E-state index is 12.6. The average Bonchev–Trinajstić information content (AvgIpc) is 3.98. The summed E-state index contributed by atoms with van der Waals surface area (Å²) in [7, 11) is 0. The molecule has 0 unspecified atom stereocenters. The minimum Gasteiger partial charge on any atom is -0.444 e. The zero-order valence-corrected chi connectivity index (χ0v) is 39.1. The van der Waals surface area contributed by atoms with Crippen LogP contribution in [0.5, 0.6) is 0 Å². The van der Waals surface area contributed by atoms with Crippen LogP contribution >= 0.6 is 34.8 Å². The summed E-state index contributed by atoms with van der Waals surface area (Å²) in [6.45, 7) is 10.1. The number of piperazine rings is 2. The lowest BCUT2D eigenvalue weighted by Crippen LogP contribution is -2.52. The molecule has 2 saturated heterocycles. The fourth-order valence-electron chi connectivity index (χ4n) is 6.48. The third-order valence-corrected chi connectivity index (χ3v) is 10.2. The van der Waals surface area contributed by atoms with Gasteiger partial charge in [0.2, 0.25) is 0 Å². The van der Waals surface area contributed by atoms with E-state index in [2.05, 4.69) is 36.2 Å². The van der Waals surface area contributed by atoms with E-state index in [1.165, 1.54) is 0 Å². The molecule has 0 bridgehead atoms. The number of amides is 2. The number of halogens is 15. The van der Waals surface area contributed by atoms with Crippen molar-refractivity contribution in [2.45, 2.75) is 83.8 Å². The smallest absolute Gasteiger partial charge is 0.434 e. The van der Waals surface area contributed by atoms with E-state index in [1.807, 2.05) is 60.8 Å². The number of benzene rings is 2. The first-order valence-corrected chi connectivity index (χ1v) is 21.5. The van der Waals surface area contributed by atoms with Crippen molar-refractivity contribution < 1.29 is 81.3 Å². The number of hydrogen-bond donors (Lipinski definition) is 0. The van der Waals surface area contributed by atoms with Crippen molar-refractivity contribution in [2.24, 2.45) is 0 Å². The van der Waals surface area contributed by atoms with Gasteiger partial charge in [0.15, 0.2) is 0 Å². The number of ether oxygens (including phenoxy) is 3. The summed E-state index contributed by atoms with van der Waals surface area (Å²) < 4.78 is 160. The first-order valence-electron chi connectivity index (χ1n) is 20.4. The van der Waals surface area contributed by atoms with Crippen LogP contribution in [-0.2, 0) is 27.3 Å². The Labute approximate surface area is 413 Å². The van der Waals surface area contributed by atoms with Crippen molar-refractivity contribution in [3.05, 3.63) is 94.5 Å². The minimum atomic E-state index is -5.74. The zero-order chi connectivity index (χ0) is 52.4. The number of carbonyl (C=O) groups is 3. The Bertz CT molecular complexity index is 2290. The SMILES string of the molecule is C.CC(C)(C)OC(=O)N1CCN(Cc2ccc(Cl)cc2-n2cccn2)CC1.O=C(Cl)OC(C(F)(F)F)C(F)(F)F.O=C(OC(C(F)(F)F)C(F)(F)F)N1CCN(Cc2ccc(Cl)cc2-n2cccn2)CC1. The molecule has 29 heteroatoms. The van der Waals surface area contributed by atoms with E-state index in [4.69, 9.17) is 27.9 Å². The quantitative estimate of drug-likeness (QED) is 0.0956. The Balaban J connectivity index is 0.000000302. The molecule has 0 N–H and O–H groups in total. The summed E-state index contributed by atoms with van der Waals surface area (Å²) in [4.78, 5) is 40.6. The molecule has 2 amide bonds. The molecule has 2 aromatic carbocycles. The van der Waals surface area contributed by atoms with Crippen LogP contribution in [0.2, 0.25) is 10.0 Å². The standard InChI is InChI=1S/C19H25ClN4O2.C18H17ClF6N4O2.C4HClF6O2.CH4/c1-19(2,3)26-18(25)23-11-9-22(10-12-23)14-15-5-6-16(20)13-17(15)24-8-4-7-21-24;19-13-3-2-12(14(10-13)29-5-1-4-26-29)11-27-6-8-28(9-7-27)16(30)31-15(17(20,21)22)18(23,24)25;5-2(12)13-1(3(6,7)8)4(9,10)11;/h4-8,13H,9-12,14H2,1-3H3;1-5,10,15H,6-9,11H2;1H;1H4. The van der Waals surface area contributed by atoms with Gasteiger partial charge in [-0.25, -0.2) is 23.7 Å². The van der Waals surface area contributed by atoms with Gasteiger partial charge in [-0.2, -0.15) is 62.9 Å². The van der Waals surface area contributed by atoms with Crippen molar-refractivity contribution in [1.29, 1.82) is 0 Å². The van der Waals surface area contributed by atoms with Crippen LogP contribution in [0.4, 0.5) is 67.1 Å². The lowest BCUT2D eigenvalue weighted by Gasteiger charge is -2.35. The lowest BCUT2D eigenvalue weighted by molar-refractivity contribution is -0.308. The minimum absolute atomic E-state index is 0. The van der Waals surface area contributed by atoms with Gasteiger partial charge in [0.05, 0.1) is 11.4 Å². The molecule has 4 aromatic rings. The first-order chi connectivity index (χ1) is 32.3. The second-order valence-electron chi connectivity index (χ2n) is 16.1. The number of carbonyl (C=O) groups excluding carboxylic acids is 3. The maximum atomic E-state index is 12.6. The highest BCUT2D eigenvalue weighted by Crippen LogP contribution is 2.37. The Morgan fingerprint density at radius 3 is 1.23 bits per heavy atom. The van der Waals surface area contributed by atoms with E-state index in [1.54, 1.807) is 52.4 Å². The summed E-state index contributed by atoms with van der Waals surface area (Å²) in [6, 6.07) is 14.7. The third-order valence-electron chi connectivity index (χ3n) is 9.66. The zero-order valence-electron chi connectivity index (χ0n) is 36.9. The van der Waals surface area contributed by atoms with Crippen molar-refractivity contribution in [3.8, 4) is 11.4 Å². The Kier molecular flexibility index (Phi) is 21.1. The molecular weight excluding hydrogens is 1050 g/mol. The van der Waals surface area contributed by atoms with Gasteiger partial charge in [-0.05, 0) is 68.3 Å². The molecule has 14 nitrogen and oxygen atoms in total. The third kappa shape index (κ3) is 19.1. The summed E-state index contributed by atoms with van der Waals surface area (Å²) in [5.41, 5.74) is 1.10. The maximum Gasteiger partial charge on any atom is 0.434 e. The normalized spacial score (nSPS) is 15.3. The van der Waals surface area contributed by atoms with Gasteiger partial charge in [-0.3, -0.25) is 9.80 Å². The molecule has 2 aliphatic heterocycles. The fourth-order valence-corrected chi connectivity index (χ4v) is 6.90. The van der Waals surface area contributed by atoms with E-state index in [9.17, 15) is 67.1 Å². The molecule has 0 saturated carbocycles. The molecule has 396 valence electrons. The van der Waals surface area contributed by atoms with E-state index >= 15 is 0 Å². The molecule has 0 spiro atoms. The number of nitrogens with zero attached hydrogens (tertiary/aromatic N) is 8. The van der Waals surface area contributed by atoms with Crippen LogP contribution in [-0.4, -0.2) is 152 Å². The molecule has 4 heterocycles. The van der Waals surface area contributed by atoms with Gasteiger partial charge in [0.25, 0.3) is 12.2 Å². The second kappa shape index (κ2) is 25.0. The van der Waals surface area contributed by atoms with Crippen LogP contribution in [0, 0.1) is 0 Å². The van der Waals surface area contributed by atoms with Crippen molar-refractivity contribution in [2.75, 3.05) is 52.4 Å². The van der Waals surface area contributed by atoms with Crippen molar-refractivity contribution in [1.82, 2.24) is 39.2 Å². The predicted octanol–water partition coefficient (Wildman–Crippen LogP) is 11.3. The topological polar surface area (TPSA) is 127 Å². The molecular formula is C42H47Cl3F12N8O6. The summed E-state index contributed by atoms with van der Waals surface area (Å²) in [5, 5.41) is 9.68. The van der Waals surface area contributed by atoms with Crippen molar-refractivity contribution >= 4 is 52.4 Å². The second-order valence-corrected chi connectivity index (χ2v) is 17.3. The number of alkyl halides is 12. The van der Waals surface area contributed by atoms with Gasteiger partial charge >= 0.3 is 42.3 Å². The van der Waals surface area contributed by atoms with Gasteiger partial charge in [0.1, 0.15) is 5.60 Å². The fraction of sp³-hybridized carbons (Fsp3) is 0.500. The van der Waals surface area contributed by atoms with Crippen molar-refractivity contribution in [3.63, 3.8) is 0 Å². The average molecular weight is 1090 g/mol. The van der Waals surface area contributed by atoms with Crippen LogP contribution in [0.3, 0.4) is 0 Å². The van der Waals surface area contributed by atoms with E-state index in [0.717, 1.165) is 47.0 Å². The summed E-state index contributed by atoms with van der Waals surface area (Å²) >= 11 is 16.5. The van der Waals surface area contributed by atoms with Crippen LogP contribution in [0.1, 0.15) is 39.3 Å². The number of hydrogen-bond acceptors (Lipinski definition) is 10. The summed E-state index contributed by atoms with van der Waals surface area (Å²) in [5.74, 6) is 0. The van der Waals surface area contributed by atoms with Crippen LogP contribution in [0.25, 0.3) is 11.4 Å². The molecule has 0 atom stereocenters. The summed E-state index contributed by atoms with van der Waals surface area (Å²) in [6.07, 6.45) is -26.1. The van der Waals surface area contributed by atoms with Gasteiger partial charge in [-0.15, -0.1) is 0 Å². The van der Waals surface area contributed by atoms with E-state index in [0.29, 0.717) is 29.7 Å². The van der Waals surface area contributed by atoms with Gasteiger partial charge < -0.3 is 24.0 Å². The van der Waals surface area contributed by atoms with Crippen LogP contribution in [0.15, 0.2) is 73.3 Å². The predicted molar refractivity (Wildman–Crippen MR) is 234 cm³/mol. The molecule has 0 radical (unpaired) electrons. The highest BCUT2D eigenvalue weighted by atomic mass is 35.5. The first kappa shape index (κ1) is 60.1. The number of aromatic nitrogens is 4. The molecule has 2 aromatic heterocycles. The van der Waals surface area contributed by atoms with Gasteiger partial charge in [0, 0.05) is 112 Å². The molecule has 2 aliphatic rings. The molecule has 0 aliphatic carbocycles. The Morgan fingerprint density at radius 1 is 0.577 bits per heavy atom. The van der Waals surface area contributed by atoms with E-state index in [-0.39, 0.29) is 39.7 Å².